The van der Waals surface area contributed by atoms with Crippen molar-refractivity contribution in [2.45, 2.75) is 25.2 Å². The summed E-state index contributed by atoms with van der Waals surface area (Å²) in [6.07, 6.45) is -4.08. The fourth-order valence-corrected chi connectivity index (χ4v) is 3.51. The van der Waals surface area contributed by atoms with E-state index < -0.39 is 24.6 Å². The van der Waals surface area contributed by atoms with Crippen LogP contribution in [0.3, 0.4) is 0 Å². The first-order chi connectivity index (χ1) is 13.2. The Kier molecular flexibility index (Phi) is 5.56. The second-order valence-corrected chi connectivity index (χ2v) is 6.85. The van der Waals surface area contributed by atoms with E-state index in [4.69, 9.17) is 21.4 Å². The number of benzene rings is 2. The Hall–Kier alpha value is -2.67. The van der Waals surface area contributed by atoms with Crippen LogP contribution in [0.5, 0.6) is 5.75 Å². The quantitative estimate of drug-likeness (QED) is 0.738. The van der Waals surface area contributed by atoms with Gasteiger partial charge in [-0.3, -0.25) is 4.79 Å². The predicted molar refractivity (Wildman–Crippen MR) is 101 cm³/mol. The molecule has 1 atom stereocenters. The fraction of sp³-hybridized carbons (Fsp3) is 0.250. The summed E-state index contributed by atoms with van der Waals surface area (Å²) in [4.78, 5) is 12.4. The summed E-state index contributed by atoms with van der Waals surface area (Å²) in [5.74, 6) is -0.733. The number of ether oxygens (including phenoxy) is 1. The van der Waals surface area contributed by atoms with E-state index in [9.17, 15) is 18.0 Å². The number of methoxy groups -OCH3 is 1. The Morgan fingerprint density at radius 2 is 1.89 bits per heavy atom. The van der Waals surface area contributed by atoms with Gasteiger partial charge in [-0.05, 0) is 47.0 Å². The number of halogens is 4. The summed E-state index contributed by atoms with van der Waals surface area (Å²) in [7, 11) is 1.50. The Bertz CT molecular complexity index is 910. The summed E-state index contributed by atoms with van der Waals surface area (Å²) in [5, 5.41) is 9.48. The molecule has 8 heteroatoms. The van der Waals surface area contributed by atoms with E-state index in [0.29, 0.717) is 27.6 Å². The van der Waals surface area contributed by atoms with Crippen molar-refractivity contribution >= 4 is 29.3 Å². The molecular formula is C20H17ClF3NO3. The lowest BCUT2D eigenvalue weighted by atomic mass is 9.92. The zero-order valence-electron chi connectivity index (χ0n) is 14.8. The molecule has 0 aliphatic carbocycles. The van der Waals surface area contributed by atoms with E-state index in [1.165, 1.54) is 36.3 Å². The molecule has 4 nitrogen and oxygen atoms in total. The maximum atomic E-state index is 14.0. The smallest absolute Gasteiger partial charge is 0.412 e. The van der Waals surface area contributed by atoms with E-state index in [1.807, 2.05) is 0 Å². The summed E-state index contributed by atoms with van der Waals surface area (Å²) in [6.45, 7) is -0.0558. The molecule has 0 spiro atoms. The molecule has 1 N–H and O–H groups in total. The molecule has 0 saturated heterocycles. The molecule has 148 valence electrons. The number of carboxylic acids is 1. The van der Waals surface area contributed by atoms with Gasteiger partial charge in [-0.25, -0.2) is 0 Å². The lowest BCUT2D eigenvalue weighted by molar-refractivity contribution is -0.144. The van der Waals surface area contributed by atoms with Gasteiger partial charge in [0.2, 0.25) is 0 Å². The van der Waals surface area contributed by atoms with Crippen molar-refractivity contribution in [2.24, 2.45) is 0 Å². The Balaban J connectivity index is 2.09. The van der Waals surface area contributed by atoms with E-state index >= 15 is 0 Å². The molecule has 0 saturated carbocycles. The number of carbonyl (C=O) groups is 1. The van der Waals surface area contributed by atoms with Gasteiger partial charge in [-0.2, -0.15) is 13.2 Å². The van der Waals surface area contributed by atoms with Crippen LogP contribution >= 0.6 is 11.6 Å². The van der Waals surface area contributed by atoms with Gasteiger partial charge >= 0.3 is 12.1 Å². The van der Waals surface area contributed by atoms with Crippen LogP contribution in [0.4, 0.5) is 18.9 Å². The number of anilines is 1. The summed E-state index contributed by atoms with van der Waals surface area (Å²) in [6, 6.07) is 9.22. The number of alkyl halides is 3. The molecule has 0 fully saturated rings. The molecule has 0 amide bonds. The third kappa shape index (κ3) is 4.25. The highest BCUT2D eigenvalue weighted by atomic mass is 35.5. The molecule has 0 aromatic heterocycles. The molecular weight excluding hydrogens is 395 g/mol. The number of rotatable bonds is 5. The largest absolute Gasteiger partial charge is 0.497 e. The van der Waals surface area contributed by atoms with Gasteiger partial charge in [-0.1, -0.05) is 29.8 Å². The van der Waals surface area contributed by atoms with Crippen molar-refractivity contribution in [2.75, 3.05) is 12.0 Å². The summed E-state index contributed by atoms with van der Waals surface area (Å²) < 4.78 is 47.0. The fourth-order valence-electron chi connectivity index (χ4n) is 3.33. The van der Waals surface area contributed by atoms with Crippen molar-refractivity contribution in [3.63, 3.8) is 0 Å². The maximum Gasteiger partial charge on any atom is 0.412 e. The molecule has 1 aliphatic heterocycles. The van der Waals surface area contributed by atoms with Gasteiger partial charge in [0.25, 0.3) is 0 Å². The van der Waals surface area contributed by atoms with Gasteiger partial charge in [-0.15, -0.1) is 0 Å². The third-order valence-corrected chi connectivity index (χ3v) is 4.72. The minimum absolute atomic E-state index is 0.0558. The van der Waals surface area contributed by atoms with Crippen LogP contribution in [-0.2, 0) is 11.3 Å². The average molecular weight is 412 g/mol. The molecule has 3 rings (SSSR count). The Morgan fingerprint density at radius 3 is 2.46 bits per heavy atom. The second-order valence-electron chi connectivity index (χ2n) is 6.41. The maximum absolute atomic E-state index is 14.0. The van der Waals surface area contributed by atoms with Gasteiger partial charge in [0.1, 0.15) is 11.8 Å². The minimum Gasteiger partial charge on any atom is -0.497 e. The standard InChI is InChI=1S/C20H17ClF3NO3/c1-28-16-5-2-12(3-6-16)11-25-17-7-4-15(21)9-13(17)8-14(10-18(26)27)19(25)20(22,23)24/h2-9,19H,10-11H2,1H3,(H,26,27). The molecule has 28 heavy (non-hydrogen) atoms. The average Bonchev–Trinajstić information content (AvgIpc) is 2.60. The van der Waals surface area contributed by atoms with E-state index in [1.54, 1.807) is 24.3 Å². The first kappa shape index (κ1) is 20.1. The van der Waals surface area contributed by atoms with Crippen molar-refractivity contribution in [3.05, 3.63) is 64.2 Å². The number of nitrogens with zero attached hydrogens (tertiary/aromatic N) is 1. The van der Waals surface area contributed by atoms with Crippen LogP contribution in [0, 0.1) is 0 Å². The first-order valence-electron chi connectivity index (χ1n) is 8.37. The summed E-state index contributed by atoms with van der Waals surface area (Å²) >= 11 is 6.00. The Labute approximate surface area is 164 Å². The summed E-state index contributed by atoms with van der Waals surface area (Å²) in [5.41, 5.74) is 1.20. The molecule has 0 radical (unpaired) electrons. The zero-order chi connectivity index (χ0) is 20.5. The highest BCUT2D eigenvalue weighted by Gasteiger charge is 2.48. The molecule has 1 unspecified atom stereocenters. The van der Waals surface area contributed by atoms with Gasteiger partial charge in [0, 0.05) is 17.3 Å². The van der Waals surface area contributed by atoms with Crippen LogP contribution in [0.25, 0.3) is 6.08 Å². The lowest BCUT2D eigenvalue weighted by Crippen LogP contribution is -2.48. The highest BCUT2D eigenvalue weighted by Crippen LogP contribution is 2.42. The SMILES string of the molecule is COc1ccc(CN2c3ccc(Cl)cc3C=C(CC(=O)O)C2C(F)(F)F)cc1. The van der Waals surface area contributed by atoms with Crippen LogP contribution in [-0.4, -0.2) is 30.4 Å². The van der Waals surface area contributed by atoms with Crippen LogP contribution < -0.4 is 9.64 Å². The highest BCUT2D eigenvalue weighted by molar-refractivity contribution is 6.30. The van der Waals surface area contributed by atoms with Crippen LogP contribution in [0.1, 0.15) is 17.5 Å². The van der Waals surface area contributed by atoms with E-state index in [-0.39, 0.29) is 12.1 Å². The van der Waals surface area contributed by atoms with Crippen molar-refractivity contribution in [1.29, 1.82) is 0 Å². The number of hydrogen-bond acceptors (Lipinski definition) is 3. The zero-order valence-corrected chi connectivity index (χ0v) is 15.6. The van der Waals surface area contributed by atoms with E-state index in [2.05, 4.69) is 0 Å². The second kappa shape index (κ2) is 7.75. The lowest BCUT2D eigenvalue weighted by Gasteiger charge is -2.40. The molecule has 1 heterocycles. The normalized spacial score (nSPS) is 16.4. The Morgan fingerprint density at radius 1 is 1.21 bits per heavy atom. The van der Waals surface area contributed by atoms with Crippen molar-refractivity contribution in [1.82, 2.24) is 0 Å². The van der Waals surface area contributed by atoms with Crippen LogP contribution in [0.2, 0.25) is 5.02 Å². The molecule has 2 aromatic rings. The first-order valence-corrected chi connectivity index (χ1v) is 8.75. The van der Waals surface area contributed by atoms with Crippen molar-refractivity contribution < 1.29 is 27.8 Å². The molecule has 0 bridgehead atoms. The minimum atomic E-state index is -4.65. The topological polar surface area (TPSA) is 49.8 Å². The number of aliphatic carboxylic acids is 1. The number of fused-ring (bicyclic) bond motifs is 1. The number of hydrogen-bond donors (Lipinski definition) is 1. The van der Waals surface area contributed by atoms with Gasteiger partial charge in [0.15, 0.2) is 0 Å². The molecule has 1 aliphatic rings. The predicted octanol–water partition coefficient (Wildman–Crippen LogP) is 5.16. The monoisotopic (exact) mass is 411 g/mol. The molecule has 2 aromatic carbocycles. The number of carboxylic acid groups (broad SMARTS) is 1. The van der Waals surface area contributed by atoms with E-state index in [0.717, 1.165) is 0 Å². The van der Waals surface area contributed by atoms with Crippen molar-refractivity contribution in [3.8, 4) is 5.75 Å². The van der Waals surface area contributed by atoms with Gasteiger partial charge < -0.3 is 14.7 Å². The van der Waals surface area contributed by atoms with Gasteiger partial charge in [0.05, 0.1) is 13.5 Å². The third-order valence-electron chi connectivity index (χ3n) is 4.48. The van der Waals surface area contributed by atoms with Crippen LogP contribution in [0.15, 0.2) is 48.0 Å².